The average molecular weight is 434 g/mol. The van der Waals surface area contributed by atoms with E-state index in [1.165, 1.54) is 22.3 Å². The van der Waals surface area contributed by atoms with Crippen molar-refractivity contribution in [3.63, 3.8) is 0 Å². The van der Waals surface area contributed by atoms with E-state index in [9.17, 15) is 9.90 Å². The van der Waals surface area contributed by atoms with E-state index >= 15 is 0 Å². The van der Waals surface area contributed by atoms with Crippen LogP contribution in [0.5, 0.6) is 5.75 Å². The number of rotatable bonds is 4. The highest BCUT2D eigenvalue weighted by Crippen LogP contribution is 2.44. The van der Waals surface area contributed by atoms with Crippen molar-refractivity contribution in [1.29, 1.82) is 0 Å². The van der Waals surface area contributed by atoms with Crippen LogP contribution in [-0.2, 0) is 4.74 Å². The second kappa shape index (κ2) is 9.10. The van der Waals surface area contributed by atoms with E-state index in [1.807, 2.05) is 48.5 Å². The molecule has 1 aliphatic rings. The highest BCUT2D eigenvalue weighted by Gasteiger charge is 2.28. The summed E-state index contributed by atoms with van der Waals surface area (Å²) in [5.74, 6) is 6.47. The fourth-order valence-corrected chi connectivity index (χ4v) is 4.35. The van der Waals surface area contributed by atoms with Crippen molar-refractivity contribution in [2.45, 2.75) is 12.3 Å². The van der Waals surface area contributed by atoms with Crippen molar-refractivity contribution in [1.82, 2.24) is 5.32 Å². The molecular formula is C29H23NO3. The zero-order chi connectivity index (χ0) is 22.6. The number of phenolic OH excluding ortho intramolecular Hbond substituents is 1. The van der Waals surface area contributed by atoms with Crippen LogP contribution in [0, 0.1) is 11.8 Å². The molecule has 0 bridgehead atoms. The van der Waals surface area contributed by atoms with Gasteiger partial charge in [-0.3, -0.25) is 0 Å². The van der Waals surface area contributed by atoms with Crippen molar-refractivity contribution in [3.05, 3.63) is 102 Å². The Hall–Kier alpha value is -4.23. The van der Waals surface area contributed by atoms with Gasteiger partial charge in [0, 0.05) is 24.4 Å². The minimum Gasteiger partial charge on any atom is -0.508 e. The zero-order valence-electron chi connectivity index (χ0n) is 18.0. The molecule has 162 valence electrons. The lowest BCUT2D eigenvalue weighted by molar-refractivity contribution is 0.143. The molecule has 4 heteroatoms. The van der Waals surface area contributed by atoms with E-state index in [0.717, 1.165) is 16.3 Å². The van der Waals surface area contributed by atoms with Crippen molar-refractivity contribution in [2.24, 2.45) is 0 Å². The number of ether oxygens (including phenoxy) is 1. The summed E-state index contributed by atoms with van der Waals surface area (Å²) in [5, 5.41) is 14.4. The van der Waals surface area contributed by atoms with Gasteiger partial charge in [-0.1, -0.05) is 72.5 Å². The number of carbonyl (C=O) groups excluding carboxylic acids is 1. The molecule has 1 amide bonds. The molecule has 0 spiro atoms. The summed E-state index contributed by atoms with van der Waals surface area (Å²) in [6, 6.07) is 27.7. The first-order chi connectivity index (χ1) is 16.2. The minimum atomic E-state index is -0.431. The number of phenols is 1. The van der Waals surface area contributed by atoms with Gasteiger partial charge in [0.25, 0.3) is 0 Å². The van der Waals surface area contributed by atoms with Gasteiger partial charge in [0.15, 0.2) is 0 Å². The van der Waals surface area contributed by atoms with Gasteiger partial charge >= 0.3 is 6.09 Å². The van der Waals surface area contributed by atoms with E-state index in [0.29, 0.717) is 19.6 Å². The largest absolute Gasteiger partial charge is 0.508 e. The maximum absolute atomic E-state index is 12.2. The molecule has 0 heterocycles. The number of hydrogen-bond acceptors (Lipinski definition) is 3. The maximum atomic E-state index is 12.2. The highest BCUT2D eigenvalue weighted by atomic mass is 16.5. The molecule has 0 atom stereocenters. The first-order valence-electron chi connectivity index (χ1n) is 11.0. The molecule has 4 aromatic carbocycles. The van der Waals surface area contributed by atoms with Gasteiger partial charge in [-0.15, -0.1) is 0 Å². The molecule has 0 saturated heterocycles. The van der Waals surface area contributed by atoms with Crippen molar-refractivity contribution in [2.75, 3.05) is 13.2 Å². The van der Waals surface area contributed by atoms with Crippen LogP contribution in [0.2, 0.25) is 0 Å². The van der Waals surface area contributed by atoms with Crippen LogP contribution in [0.25, 0.3) is 21.9 Å². The van der Waals surface area contributed by atoms with Gasteiger partial charge in [-0.2, -0.15) is 0 Å². The normalized spacial score (nSPS) is 11.9. The molecule has 0 aromatic heterocycles. The van der Waals surface area contributed by atoms with Gasteiger partial charge in [0.1, 0.15) is 12.4 Å². The van der Waals surface area contributed by atoms with Crippen LogP contribution in [0.4, 0.5) is 4.79 Å². The lowest BCUT2D eigenvalue weighted by Gasteiger charge is -2.14. The van der Waals surface area contributed by atoms with Crippen LogP contribution in [0.3, 0.4) is 0 Å². The molecule has 5 rings (SSSR count). The number of nitrogens with one attached hydrogen (secondary N) is 1. The number of aromatic hydroxyl groups is 1. The van der Waals surface area contributed by atoms with Gasteiger partial charge in [-0.25, -0.2) is 4.79 Å². The Kier molecular flexibility index (Phi) is 5.70. The zero-order valence-corrected chi connectivity index (χ0v) is 18.0. The van der Waals surface area contributed by atoms with Gasteiger partial charge < -0.3 is 15.2 Å². The molecule has 33 heavy (non-hydrogen) atoms. The second-order valence-electron chi connectivity index (χ2n) is 8.05. The third kappa shape index (κ3) is 4.40. The van der Waals surface area contributed by atoms with E-state index in [1.54, 1.807) is 12.1 Å². The van der Waals surface area contributed by atoms with Crippen LogP contribution in [0.1, 0.15) is 29.0 Å². The summed E-state index contributed by atoms with van der Waals surface area (Å²) in [6.45, 7) is 0.716. The number of amides is 1. The lowest BCUT2D eigenvalue weighted by atomic mass is 9.98. The van der Waals surface area contributed by atoms with Gasteiger partial charge in [0.05, 0.1) is 0 Å². The van der Waals surface area contributed by atoms with Crippen LogP contribution in [-0.4, -0.2) is 24.4 Å². The molecule has 0 fully saturated rings. The molecule has 0 radical (unpaired) electrons. The molecule has 2 N–H and O–H groups in total. The Morgan fingerprint density at radius 1 is 0.879 bits per heavy atom. The van der Waals surface area contributed by atoms with Crippen molar-refractivity contribution >= 4 is 16.9 Å². The fraction of sp³-hybridized carbons (Fsp3) is 0.138. The summed E-state index contributed by atoms with van der Waals surface area (Å²) >= 11 is 0. The minimum absolute atomic E-state index is 0.0512. The predicted octanol–water partition coefficient (Wildman–Crippen LogP) is 5.83. The van der Waals surface area contributed by atoms with E-state index in [-0.39, 0.29) is 11.7 Å². The van der Waals surface area contributed by atoms with Crippen LogP contribution < -0.4 is 5.32 Å². The van der Waals surface area contributed by atoms with Gasteiger partial charge in [-0.05, 0) is 57.3 Å². The Morgan fingerprint density at radius 3 is 2.33 bits per heavy atom. The topological polar surface area (TPSA) is 58.6 Å². The summed E-state index contributed by atoms with van der Waals surface area (Å²) in [7, 11) is 0. The van der Waals surface area contributed by atoms with Gasteiger partial charge in [0.2, 0.25) is 0 Å². The predicted molar refractivity (Wildman–Crippen MR) is 130 cm³/mol. The number of hydrogen-bond donors (Lipinski definition) is 2. The number of benzene rings is 4. The second-order valence-corrected chi connectivity index (χ2v) is 8.05. The lowest BCUT2D eigenvalue weighted by Crippen LogP contribution is -2.26. The Balaban J connectivity index is 1.14. The quantitative estimate of drug-likeness (QED) is 0.315. The SMILES string of the molecule is O=C(NCCC#Cc1ccc2ccc(O)cc2c1)OCC1c2ccccc2-c2ccccc21. The van der Waals surface area contributed by atoms with Crippen molar-refractivity contribution < 1.29 is 14.6 Å². The number of fused-ring (bicyclic) bond motifs is 4. The third-order valence-electron chi connectivity index (χ3n) is 5.92. The molecule has 1 aliphatic carbocycles. The molecule has 4 aromatic rings. The smallest absolute Gasteiger partial charge is 0.407 e. The Labute approximate surface area is 192 Å². The van der Waals surface area contributed by atoms with E-state index < -0.39 is 6.09 Å². The van der Waals surface area contributed by atoms with Crippen molar-refractivity contribution in [3.8, 4) is 28.7 Å². The van der Waals surface area contributed by atoms with E-state index in [4.69, 9.17) is 4.74 Å². The number of alkyl carbamates (subject to hydrolysis) is 1. The first-order valence-corrected chi connectivity index (χ1v) is 11.0. The summed E-state index contributed by atoms with van der Waals surface area (Å²) < 4.78 is 5.54. The number of carbonyl (C=O) groups is 1. The van der Waals surface area contributed by atoms with Crippen LogP contribution in [0.15, 0.2) is 84.9 Å². The van der Waals surface area contributed by atoms with E-state index in [2.05, 4.69) is 41.4 Å². The monoisotopic (exact) mass is 433 g/mol. The highest BCUT2D eigenvalue weighted by molar-refractivity contribution is 5.85. The molecule has 0 unspecified atom stereocenters. The standard InChI is InChI=1S/C29H23NO3/c31-23-15-14-21-13-12-20(17-22(21)18-23)7-5-6-16-30-29(32)33-19-28-26-10-3-1-8-24(26)25-9-2-4-11-27(25)28/h1-4,8-15,17-18,28,31H,6,16,19H2,(H,30,32). The third-order valence-corrected chi connectivity index (χ3v) is 5.92. The fourth-order valence-electron chi connectivity index (χ4n) is 4.35. The molecular weight excluding hydrogens is 410 g/mol. The Bertz CT molecular complexity index is 1350. The maximum Gasteiger partial charge on any atom is 0.407 e. The molecule has 0 aliphatic heterocycles. The average Bonchev–Trinajstić information content (AvgIpc) is 3.16. The summed E-state index contributed by atoms with van der Waals surface area (Å²) in [6.07, 6.45) is 0.0854. The Morgan fingerprint density at radius 2 is 1.58 bits per heavy atom. The first kappa shape index (κ1) is 20.7. The summed E-state index contributed by atoms with van der Waals surface area (Å²) in [4.78, 5) is 12.2. The summed E-state index contributed by atoms with van der Waals surface area (Å²) in [5.41, 5.74) is 5.68. The molecule has 4 nitrogen and oxygen atoms in total. The molecule has 0 saturated carbocycles. The van der Waals surface area contributed by atoms with Crippen LogP contribution >= 0.6 is 0 Å².